The summed E-state index contributed by atoms with van der Waals surface area (Å²) in [4.78, 5) is 14.2. The molecule has 0 heterocycles. The summed E-state index contributed by atoms with van der Waals surface area (Å²) in [7, 11) is 0. The number of rotatable bonds is 4. The van der Waals surface area contributed by atoms with Crippen LogP contribution in [0.15, 0.2) is 0 Å². The van der Waals surface area contributed by atoms with Crippen LogP contribution in [-0.2, 0) is 4.79 Å². The highest BCUT2D eigenvalue weighted by Gasteiger charge is 2.40. The third-order valence-corrected chi connectivity index (χ3v) is 3.25. The van der Waals surface area contributed by atoms with E-state index in [4.69, 9.17) is 18.0 Å². The Bertz CT molecular complexity index is 259. The van der Waals surface area contributed by atoms with Crippen molar-refractivity contribution in [2.75, 3.05) is 6.54 Å². The van der Waals surface area contributed by atoms with Gasteiger partial charge in [-0.3, -0.25) is 4.79 Å². The summed E-state index contributed by atoms with van der Waals surface area (Å²) in [6, 6.07) is 0.432. The summed E-state index contributed by atoms with van der Waals surface area (Å²) in [6.07, 6.45) is 2.24. The molecule has 0 bridgehead atoms. The van der Waals surface area contributed by atoms with Crippen molar-refractivity contribution in [1.82, 2.24) is 4.90 Å². The second-order valence-electron chi connectivity index (χ2n) is 4.31. The van der Waals surface area contributed by atoms with Crippen molar-refractivity contribution in [1.29, 1.82) is 0 Å². The van der Waals surface area contributed by atoms with Crippen molar-refractivity contribution in [2.45, 2.75) is 39.7 Å². The SMILES string of the molecule is CCN(C(=O)C(C)(C)C(N)=S)C1CC1. The number of hydrogen-bond donors (Lipinski definition) is 1. The Balaban J connectivity index is 2.75. The van der Waals surface area contributed by atoms with Gasteiger partial charge in [-0.15, -0.1) is 0 Å². The van der Waals surface area contributed by atoms with Crippen molar-refractivity contribution in [3.8, 4) is 0 Å². The number of amides is 1. The van der Waals surface area contributed by atoms with E-state index in [2.05, 4.69) is 0 Å². The highest BCUT2D eigenvalue weighted by molar-refractivity contribution is 7.80. The molecule has 0 saturated heterocycles. The molecule has 0 aromatic rings. The molecule has 1 saturated carbocycles. The van der Waals surface area contributed by atoms with E-state index >= 15 is 0 Å². The lowest BCUT2D eigenvalue weighted by Crippen LogP contribution is -2.47. The van der Waals surface area contributed by atoms with E-state index in [1.165, 1.54) is 0 Å². The zero-order valence-corrected chi connectivity index (χ0v) is 9.86. The number of nitrogens with two attached hydrogens (primary N) is 1. The van der Waals surface area contributed by atoms with E-state index < -0.39 is 5.41 Å². The largest absolute Gasteiger partial charge is 0.392 e. The minimum atomic E-state index is -0.700. The molecular weight excluding hydrogens is 196 g/mol. The van der Waals surface area contributed by atoms with E-state index in [1.807, 2.05) is 11.8 Å². The van der Waals surface area contributed by atoms with Gasteiger partial charge >= 0.3 is 0 Å². The Morgan fingerprint density at radius 1 is 1.57 bits per heavy atom. The van der Waals surface area contributed by atoms with Crippen LogP contribution in [0.2, 0.25) is 0 Å². The first-order chi connectivity index (χ1) is 6.41. The standard InChI is InChI=1S/C10H18N2OS/c1-4-12(7-5-6-7)9(13)10(2,3)8(11)14/h7H,4-6H2,1-3H3,(H2,11,14). The van der Waals surface area contributed by atoms with Crippen molar-refractivity contribution < 1.29 is 4.79 Å². The van der Waals surface area contributed by atoms with Crippen molar-refractivity contribution >= 4 is 23.1 Å². The summed E-state index contributed by atoms with van der Waals surface area (Å²) in [6.45, 7) is 6.33. The molecule has 0 unspecified atom stereocenters. The Labute approximate surface area is 90.6 Å². The molecular formula is C10H18N2OS. The first-order valence-electron chi connectivity index (χ1n) is 5.02. The summed E-state index contributed by atoms with van der Waals surface area (Å²) in [5, 5.41) is 0. The van der Waals surface area contributed by atoms with Gasteiger partial charge in [-0.05, 0) is 33.6 Å². The van der Waals surface area contributed by atoms with Gasteiger partial charge in [-0.1, -0.05) is 12.2 Å². The van der Waals surface area contributed by atoms with Crippen molar-refractivity contribution in [2.24, 2.45) is 11.1 Å². The third kappa shape index (κ3) is 2.05. The molecule has 80 valence electrons. The van der Waals surface area contributed by atoms with Gasteiger partial charge in [0.15, 0.2) is 0 Å². The van der Waals surface area contributed by atoms with Gasteiger partial charge in [0.2, 0.25) is 5.91 Å². The molecule has 1 amide bonds. The summed E-state index contributed by atoms with van der Waals surface area (Å²) < 4.78 is 0. The zero-order chi connectivity index (χ0) is 10.9. The number of carbonyl (C=O) groups is 1. The van der Waals surface area contributed by atoms with Crippen LogP contribution in [0.3, 0.4) is 0 Å². The van der Waals surface area contributed by atoms with E-state index in [1.54, 1.807) is 13.8 Å². The van der Waals surface area contributed by atoms with Gasteiger partial charge in [0.1, 0.15) is 0 Å². The van der Waals surface area contributed by atoms with Crippen LogP contribution >= 0.6 is 12.2 Å². The number of nitrogens with zero attached hydrogens (tertiary/aromatic N) is 1. The molecule has 0 atom stereocenters. The van der Waals surface area contributed by atoms with Crippen molar-refractivity contribution in [3.05, 3.63) is 0 Å². The minimum Gasteiger partial charge on any atom is -0.392 e. The Kier molecular flexibility index (Phi) is 3.14. The van der Waals surface area contributed by atoms with Crippen LogP contribution in [0.25, 0.3) is 0 Å². The summed E-state index contributed by atoms with van der Waals surface area (Å²) in [5.74, 6) is 0.0648. The average Bonchev–Trinajstić information content (AvgIpc) is 2.89. The van der Waals surface area contributed by atoms with Crippen LogP contribution in [0.1, 0.15) is 33.6 Å². The van der Waals surface area contributed by atoms with E-state index in [0.29, 0.717) is 6.04 Å². The lowest BCUT2D eigenvalue weighted by Gasteiger charge is -2.30. The van der Waals surface area contributed by atoms with Gasteiger partial charge in [0, 0.05) is 12.6 Å². The second kappa shape index (κ2) is 3.85. The molecule has 0 radical (unpaired) electrons. The van der Waals surface area contributed by atoms with E-state index in [0.717, 1.165) is 19.4 Å². The molecule has 2 N–H and O–H groups in total. The van der Waals surface area contributed by atoms with Gasteiger partial charge in [-0.2, -0.15) is 0 Å². The summed E-state index contributed by atoms with van der Waals surface area (Å²) >= 11 is 4.91. The predicted molar refractivity (Wildman–Crippen MR) is 61.0 cm³/mol. The number of thiocarbonyl (C=S) groups is 1. The van der Waals surface area contributed by atoms with Crippen LogP contribution in [0.5, 0.6) is 0 Å². The molecule has 14 heavy (non-hydrogen) atoms. The highest BCUT2D eigenvalue weighted by Crippen LogP contribution is 2.30. The quantitative estimate of drug-likeness (QED) is 0.718. The maximum atomic E-state index is 12.1. The topological polar surface area (TPSA) is 46.3 Å². The molecule has 4 heteroatoms. The lowest BCUT2D eigenvalue weighted by atomic mass is 9.91. The monoisotopic (exact) mass is 214 g/mol. The van der Waals surface area contributed by atoms with Crippen LogP contribution in [-0.4, -0.2) is 28.4 Å². The molecule has 1 fully saturated rings. The first-order valence-corrected chi connectivity index (χ1v) is 5.43. The van der Waals surface area contributed by atoms with Crippen LogP contribution in [0.4, 0.5) is 0 Å². The fourth-order valence-electron chi connectivity index (χ4n) is 1.42. The molecule has 0 aromatic carbocycles. The molecule has 0 spiro atoms. The van der Waals surface area contributed by atoms with Crippen LogP contribution in [0, 0.1) is 5.41 Å². The Hall–Kier alpha value is -0.640. The number of hydrogen-bond acceptors (Lipinski definition) is 2. The second-order valence-corrected chi connectivity index (χ2v) is 4.75. The highest BCUT2D eigenvalue weighted by atomic mass is 32.1. The smallest absolute Gasteiger partial charge is 0.235 e. The molecule has 0 aromatic heterocycles. The fraction of sp³-hybridized carbons (Fsp3) is 0.800. The van der Waals surface area contributed by atoms with Gasteiger partial charge in [-0.25, -0.2) is 0 Å². The normalized spacial score (nSPS) is 16.5. The zero-order valence-electron chi connectivity index (χ0n) is 9.04. The average molecular weight is 214 g/mol. The first kappa shape index (κ1) is 11.4. The predicted octanol–water partition coefficient (Wildman–Crippen LogP) is 1.31. The molecule has 3 nitrogen and oxygen atoms in total. The van der Waals surface area contributed by atoms with Gasteiger partial charge < -0.3 is 10.6 Å². The minimum absolute atomic E-state index is 0.0648. The molecule has 0 aliphatic heterocycles. The van der Waals surface area contributed by atoms with E-state index in [-0.39, 0.29) is 10.9 Å². The Morgan fingerprint density at radius 3 is 2.36 bits per heavy atom. The van der Waals surface area contributed by atoms with E-state index in [9.17, 15) is 4.79 Å². The van der Waals surface area contributed by atoms with Crippen molar-refractivity contribution in [3.63, 3.8) is 0 Å². The molecule has 1 rings (SSSR count). The van der Waals surface area contributed by atoms with Gasteiger partial charge in [0.25, 0.3) is 0 Å². The number of carbonyl (C=O) groups excluding carboxylic acids is 1. The summed E-state index contributed by atoms with van der Waals surface area (Å²) in [5.41, 5.74) is 4.87. The van der Waals surface area contributed by atoms with Gasteiger partial charge in [0.05, 0.1) is 10.4 Å². The maximum Gasteiger partial charge on any atom is 0.235 e. The third-order valence-electron chi connectivity index (χ3n) is 2.74. The molecule has 1 aliphatic rings. The lowest BCUT2D eigenvalue weighted by molar-refractivity contribution is -0.137. The fourth-order valence-corrected chi connectivity index (χ4v) is 1.51. The maximum absolute atomic E-state index is 12.1. The molecule has 1 aliphatic carbocycles. The Morgan fingerprint density at radius 2 is 2.07 bits per heavy atom. The van der Waals surface area contributed by atoms with Crippen LogP contribution < -0.4 is 5.73 Å².